The van der Waals surface area contributed by atoms with Crippen LogP contribution in [0.3, 0.4) is 0 Å². The summed E-state index contributed by atoms with van der Waals surface area (Å²) in [4.78, 5) is 8.50. The Bertz CT molecular complexity index is 722. The van der Waals surface area contributed by atoms with Crippen molar-refractivity contribution >= 4 is 22.1 Å². The molecule has 0 amide bonds. The van der Waals surface area contributed by atoms with E-state index in [1.165, 1.54) is 0 Å². The first-order valence-corrected chi connectivity index (χ1v) is 5.37. The molecule has 0 bridgehead atoms. The Kier molecular flexibility index (Phi) is 2.39. The van der Waals surface area contributed by atoms with Crippen LogP contribution in [-0.4, -0.2) is 31.9 Å². The van der Waals surface area contributed by atoms with Crippen LogP contribution in [0.2, 0.25) is 0 Å². The maximum absolute atomic E-state index is 9.63. The van der Waals surface area contributed by atoms with Crippen LogP contribution in [0.25, 0.3) is 22.1 Å². The van der Waals surface area contributed by atoms with Gasteiger partial charge in [-0.25, -0.2) is 9.97 Å². The zero-order chi connectivity index (χ0) is 12.7. The van der Waals surface area contributed by atoms with Crippen LogP contribution in [-0.2, 0) is 0 Å². The summed E-state index contributed by atoms with van der Waals surface area (Å²) in [5.41, 5.74) is 1.67. The van der Waals surface area contributed by atoms with E-state index in [1.54, 1.807) is 12.1 Å². The molecule has 3 N–H and O–H groups in total. The first-order valence-electron chi connectivity index (χ1n) is 5.37. The van der Waals surface area contributed by atoms with Gasteiger partial charge < -0.3 is 19.7 Å². The first-order chi connectivity index (χ1) is 8.70. The Labute approximate surface area is 101 Å². The highest BCUT2D eigenvalue weighted by molar-refractivity contribution is 5.90. The van der Waals surface area contributed by atoms with Gasteiger partial charge in [0.2, 0.25) is 0 Å². The summed E-state index contributed by atoms with van der Waals surface area (Å²) in [5, 5.41) is 28.2. The third-order valence-corrected chi connectivity index (χ3v) is 2.69. The standard InChI is InChI=1S/C12H10N2O4/c15-5-8(16)11-9-10(12(17)18-11)14-7-4-2-1-3-6(7)13-9/h1-4,8,15-17H,5H2. The smallest absolute Gasteiger partial charge is 0.311 e. The number of aliphatic hydroxyl groups excluding tert-OH is 2. The lowest BCUT2D eigenvalue weighted by molar-refractivity contribution is 0.0757. The highest BCUT2D eigenvalue weighted by Gasteiger charge is 2.21. The average molecular weight is 246 g/mol. The minimum atomic E-state index is -1.23. The average Bonchev–Trinajstić information content (AvgIpc) is 2.72. The maximum Gasteiger partial charge on any atom is 0.311 e. The molecule has 6 heteroatoms. The van der Waals surface area contributed by atoms with Crippen LogP contribution >= 0.6 is 0 Å². The first kappa shape index (κ1) is 10.9. The zero-order valence-electron chi connectivity index (χ0n) is 9.24. The molecule has 1 aromatic carbocycles. The van der Waals surface area contributed by atoms with Gasteiger partial charge in [-0.15, -0.1) is 0 Å². The predicted molar refractivity (Wildman–Crippen MR) is 63.0 cm³/mol. The van der Waals surface area contributed by atoms with Gasteiger partial charge in [0.05, 0.1) is 17.6 Å². The van der Waals surface area contributed by atoms with E-state index in [0.717, 1.165) is 0 Å². The lowest BCUT2D eigenvalue weighted by Gasteiger charge is -2.02. The molecular formula is C12H10N2O4. The largest absolute Gasteiger partial charge is 0.479 e. The highest BCUT2D eigenvalue weighted by atomic mass is 16.5. The van der Waals surface area contributed by atoms with Gasteiger partial charge in [-0.05, 0) is 12.1 Å². The fourth-order valence-electron chi connectivity index (χ4n) is 1.83. The van der Waals surface area contributed by atoms with Gasteiger partial charge in [0.25, 0.3) is 0 Å². The molecular weight excluding hydrogens is 236 g/mol. The van der Waals surface area contributed by atoms with Crippen LogP contribution < -0.4 is 0 Å². The van der Waals surface area contributed by atoms with Crippen molar-refractivity contribution in [3.63, 3.8) is 0 Å². The molecule has 0 spiro atoms. The van der Waals surface area contributed by atoms with Crippen molar-refractivity contribution < 1.29 is 19.7 Å². The number of furan rings is 1. The molecule has 1 atom stereocenters. The molecule has 1 unspecified atom stereocenters. The van der Waals surface area contributed by atoms with Gasteiger partial charge in [0.15, 0.2) is 11.3 Å². The molecule has 0 saturated carbocycles. The molecule has 2 heterocycles. The second-order valence-electron chi connectivity index (χ2n) is 3.88. The summed E-state index contributed by atoms with van der Waals surface area (Å²) < 4.78 is 5.01. The minimum absolute atomic E-state index is 0.0169. The van der Waals surface area contributed by atoms with Crippen LogP contribution in [0.5, 0.6) is 5.95 Å². The van der Waals surface area contributed by atoms with Crippen molar-refractivity contribution in [1.29, 1.82) is 0 Å². The maximum atomic E-state index is 9.63. The number of hydrogen-bond acceptors (Lipinski definition) is 6. The molecule has 0 aliphatic carbocycles. The Morgan fingerprint density at radius 1 is 1.11 bits per heavy atom. The number of rotatable bonds is 2. The summed E-state index contributed by atoms with van der Waals surface area (Å²) >= 11 is 0. The molecule has 0 fully saturated rings. The van der Waals surface area contributed by atoms with Crippen molar-refractivity contribution in [3.8, 4) is 5.95 Å². The Morgan fingerprint density at radius 2 is 1.72 bits per heavy atom. The summed E-state index contributed by atoms with van der Waals surface area (Å²) in [5.74, 6) is -0.394. The number of benzene rings is 1. The summed E-state index contributed by atoms with van der Waals surface area (Å²) in [6, 6.07) is 7.14. The number of aliphatic hydroxyl groups is 2. The quantitative estimate of drug-likeness (QED) is 0.626. The molecule has 0 radical (unpaired) electrons. The van der Waals surface area contributed by atoms with E-state index in [0.29, 0.717) is 11.0 Å². The van der Waals surface area contributed by atoms with E-state index in [9.17, 15) is 10.2 Å². The topological polar surface area (TPSA) is 99.6 Å². The van der Waals surface area contributed by atoms with Crippen molar-refractivity contribution in [1.82, 2.24) is 9.97 Å². The van der Waals surface area contributed by atoms with Gasteiger partial charge in [-0.1, -0.05) is 12.1 Å². The lowest BCUT2D eigenvalue weighted by Crippen LogP contribution is -2.02. The normalized spacial score (nSPS) is 13.2. The lowest BCUT2D eigenvalue weighted by atomic mass is 10.2. The summed E-state index contributed by atoms with van der Waals surface area (Å²) in [6.45, 7) is -0.517. The fourth-order valence-corrected chi connectivity index (χ4v) is 1.83. The van der Waals surface area contributed by atoms with E-state index in [-0.39, 0.29) is 16.8 Å². The third-order valence-electron chi connectivity index (χ3n) is 2.69. The van der Waals surface area contributed by atoms with Gasteiger partial charge in [0.1, 0.15) is 11.6 Å². The van der Waals surface area contributed by atoms with Crippen LogP contribution in [0, 0.1) is 0 Å². The monoisotopic (exact) mass is 246 g/mol. The SMILES string of the molecule is OCC(O)c1oc(O)c2nc3ccccc3nc12. The number of fused-ring (bicyclic) bond motifs is 2. The molecule has 92 valence electrons. The van der Waals surface area contributed by atoms with Crippen molar-refractivity contribution in [2.75, 3.05) is 6.61 Å². The predicted octanol–water partition coefficient (Wildman–Crippen LogP) is 1.11. The Hall–Kier alpha value is -2.18. The van der Waals surface area contributed by atoms with Crippen LogP contribution in [0.4, 0.5) is 0 Å². The number of para-hydroxylation sites is 2. The fraction of sp³-hybridized carbons (Fsp3) is 0.167. The van der Waals surface area contributed by atoms with Crippen molar-refractivity contribution in [2.45, 2.75) is 6.10 Å². The van der Waals surface area contributed by atoms with Crippen molar-refractivity contribution in [2.24, 2.45) is 0 Å². The molecule has 18 heavy (non-hydrogen) atoms. The molecule has 0 aliphatic rings. The molecule has 3 aromatic rings. The van der Waals surface area contributed by atoms with E-state index in [4.69, 9.17) is 9.52 Å². The second-order valence-corrected chi connectivity index (χ2v) is 3.88. The van der Waals surface area contributed by atoms with Gasteiger partial charge in [-0.2, -0.15) is 0 Å². The summed E-state index contributed by atoms with van der Waals surface area (Å²) in [6.07, 6.45) is -1.23. The molecule has 0 saturated heterocycles. The van der Waals surface area contributed by atoms with E-state index >= 15 is 0 Å². The van der Waals surface area contributed by atoms with Gasteiger partial charge in [-0.3, -0.25) is 0 Å². The van der Waals surface area contributed by atoms with E-state index in [2.05, 4.69) is 9.97 Å². The van der Waals surface area contributed by atoms with E-state index < -0.39 is 18.7 Å². The van der Waals surface area contributed by atoms with Crippen molar-refractivity contribution in [3.05, 3.63) is 30.0 Å². The third kappa shape index (κ3) is 1.51. The Balaban J connectivity index is 2.37. The molecule has 0 aliphatic heterocycles. The highest BCUT2D eigenvalue weighted by Crippen LogP contribution is 2.33. The van der Waals surface area contributed by atoms with Gasteiger partial charge in [0, 0.05) is 0 Å². The van der Waals surface area contributed by atoms with E-state index in [1.807, 2.05) is 12.1 Å². The zero-order valence-corrected chi connectivity index (χ0v) is 9.24. The Morgan fingerprint density at radius 3 is 2.33 bits per heavy atom. The van der Waals surface area contributed by atoms with Crippen LogP contribution in [0.15, 0.2) is 28.7 Å². The number of nitrogens with zero attached hydrogens (tertiary/aromatic N) is 2. The number of aromatic nitrogens is 2. The molecule has 6 nitrogen and oxygen atoms in total. The van der Waals surface area contributed by atoms with Gasteiger partial charge >= 0.3 is 5.95 Å². The molecule has 3 rings (SSSR count). The number of hydrogen-bond donors (Lipinski definition) is 3. The molecule has 2 aromatic heterocycles. The summed E-state index contributed by atoms with van der Waals surface area (Å²) in [7, 11) is 0. The second kappa shape index (κ2) is 3.94. The minimum Gasteiger partial charge on any atom is -0.479 e. The number of aromatic hydroxyl groups is 1. The van der Waals surface area contributed by atoms with Crippen LogP contribution in [0.1, 0.15) is 11.9 Å².